The summed E-state index contributed by atoms with van der Waals surface area (Å²) in [6.07, 6.45) is -2.96. The molecule has 0 N–H and O–H groups in total. The van der Waals surface area contributed by atoms with E-state index in [1.807, 2.05) is 23.1 Å². The lowest BCUT2D eigenvalue weighted by Gasteiger charge is -2.05. The molecule has 0 spiro atoms. The highest BCUT2D eigenvalue weighted by Gasteiger charge is 2.29. The second-order valence-electron chi connectivity index (χ2n) is 5.55. The van der Waals surface area contributed by atoms with E-state index in [-0.39, 0.29) is 0 Å². The van der Waals surface area contributed by atoms with Crippen molar-refractivity contribution >= 4 is 40.8 Å². The van der Waals surface area contributed by atoms with Gasteiger partial charge in [0.05, 0.1) is 22.5 Å². The number of aromatic nitrogens is 1. The number of thiazole rings is 1. The third-order valence-electron chi connectivity index (χ3n) is 3.72. The minimum absolute atomic E-state index is 0.520. The van der Waals surface area contributed by atoms with E-state index in [2.05, 4.69) is 10.2 Å². The molecule has 1 heterocycles. The van der Waals surface area contributed by atoms with Crippen LogP contribution in [0.4, 0.5) is 13.2 Å². The molecular weight excluding hydrogens is 418 g/mol. The maximum Gasteiger partial charge on any atom is 0.416 e. The first-order valence-corrected chi connectivity index (χ1v) is 9.23. The zero-order valence-corrected chi connectivity index (χ0v) is 16.2. The molecule has 0 atom stereocenters. The second-order valence-corrected chi connectivity index (χ2v) is 7.23. The molecule has 0 aliphatic rings. The van der Waals surface area contributed by atoms with E-state index in [0.29, 0.717) is 20.4 Å². The number of benzene rings is 2. The Balaban J connectivity index is 1.84. The molecule has 2 aromatic carbocycles. The summed E-state index contributed by atoms with van der Waals surface area (Å²) >= 11 is 13.5. The first-order chi connectivity index (χ1) is 12.8. The van der Waals surface area contributed by atoms with Crippen molar-refractivity contribution in [2.75, 3.05) is 0 Å². The van der Waals surface area contributed by atoms with Gasteiger partial charge in [-0.2, -0.15) is 18.3 Å². The fourth-order valence-electron chi connectivity index (χ4n) is 2.30. The number of hydrogen-bond donors (Lipinski definition) is 0. The van der Waals surface area contributed by atoms with E-state index in [1.165, 1.54) is 29.7 Å². The van der Waals surface area contributed by atoms with Gasteiger partial charge < -0.3 is 4.57 Å². The summed E-state index contributed by atoms with van der Waals surface area (Å²) < 4.78 is 39.5. The highest BCUT2D eigenvalue weighted by molar-refractivity contribution is 7.07. The number of halogens is 5. The van der Waals surface area contributed by atoms with Crippen LogP contribution in [0.15, 0.2) is 58.0 Å². The fraction of sp³-hybridized carbons (Fsp3) is 0.111. The molecule has 3 aromatic rings. The van der Waals surface area contributed by atoms with Crippen LogP contribution in [-0.2, 0) is 13.2 Å². The molecule has 0 saturated carbocycles. The Bertz CT molecular complexity index is 1050. The van der Waals surface area contributed by atoms with Gasteiger partial charge >= 0.3 is 6.18 Å². The Labute approximate surface area is 167 Å². The standard InChI is InChI=1S/C18H12Cl2F3N3S/c1-26-16(14-7-6-13(19)8-15(14)20)10-27-17(26)25-24-9-11-2-4-12(5-3-11)18(21,22)23/h2-10H,1H3/b24-9+,25-17+. The van der Waals surface area contributed by atoms with Gasteiger partial charge in [0.2, 0.25) is 4.80 Å². The lowest BCUT2D eigenvalue weighted by atomic mass is 10.1. The maximum absolute atomic E-state index is 12.6. The van der Waals surface area contributed by atoms with E-state index in [0.717, 1.165) is 23.4 Å². The normalized spacial score (nSPS) is 12.9. The van der Waals surface area contributed by atoms with Crippen LogP contribution in [0.2, 0.25) is 10.0 Å². The molecule has 0 fully saturated rings. The average molecular weight is 430 g/mol. The summed E-state index contributed by atoms with van der Waals surface area (Å²) in [5.74, 6) is 0. The van der Waals surface area contributed by atoms with Crippen LogP contribution < -0.4 is 4.80 Å². The van der Waals surface area contributed by atoms with Crippen LogP contribution in [0.5, 0.6) is 0 Å². The molecule has 0 aliphatic carbocycles. The average Bonchev–Trinajstić information content (AvgIpc) is 2.95. The lowest BCUT2D eigenvalue weighted by Crippen LogP contribution is -2.10. The first kappa shape index (κ1) is 19.7. The van der Waals surface area contributed by atoms with Crippen LogP contribution >= 0.6 is 34.5 Å². The van der Waals surface area contributed by atoms with E-state index in [1.54, 1.807) is 12.1 Å². The summed E-state index contributed by atoms with van der Waals surface area (Å²) in [4.78, 5) is 0.610. The molecule has 0 saturated heterocycles. The highest BCUT2D eigenvalue weighted by Crippen LogP contribution is 2.30. The predicted octanol–water partition coefficient (Wildman–Crippen LogP) is 6.01. The van der Waals surface area contributed by atoms with Gasteiger partial charge in [-0.05, 0) is 35.9 Å². The lowest BCUT2D eigenvalue weighted by molar-refractivity contribution is -0.137. The van der Waals surface area contributed by atoms with Crippen molar-refractivity contribution in [1.29, 1.82) is 0 Å². The van der Waals surface area contributed by atoms with Crippen molar-refractivity contribution < 1.29 is 13.2 Å². The van der Waals surface area contributed by atoms with Crippen molar-refractivity contribution in [2.24, 2.45) is 17.3 Å². The Morgan fingerprint density at radius 2 is 1.78 bits per heavy atom. The summed E-state index contributed by atoms with van der Waals surface area (Å²) in [6.45, 7) is 0. The fourth-order valence-corrected chi connectivity index (χ4v) is 3.66. The molecule has 1 aromatic heterocycles. The second kappa shape index (κ2) is 7.88. The molecule has 9 heteroatoms. The largest absolute Gasteiger partial charge is 0.416 e. The van der Waals surface area contributed by atoms with Crippen LogP contribution in [-0.4, -0.2) is 10.8 Å². The molecule has 0 unspecified atom stereocenters. The van der Waals surface area contributed by atoms with Crippen LogP contribution in [0.3, 0.4) is 0 Å². The third kappa shape index (κ3) is 4.61. The Morgan fingerprint density at radius 3 is 2.41 bits per heavy atom. The van der Waals surface area contributed by atoms with Gasteiger partial charge in [-0.15, -0.1) is 16.4 Å². The molecule has 0 radical (unpaired) electrons. The van der Waals surface area contributed by atoms with Gasteiger partial charge in [-0.25, -0.2) is 0 Å². The summed E-state index contributed by atoms with van der Waals surface area (Å²) in [7, 11) is 1.82. The zero-order valence-electron chi connectivity index (χ0n) is 13.8. The van der Waals surface area contributed by atoms with Crippen LogP contribution in [0.25, 0.3) is 11.3 Å². The molecule has 27 heavy (non-hydrogen) atoms. The minimum Gasteiger partial charge on any atom is -0.318 e. The van der Waals surface area contributed by atoms with E-state index in [9.17, 15) is 13.2 Å². The third-order valence-corrected chi connectivity index (χ3v) is 5.17. The number of hydrogen-bond acceptors (Lipinski definition) is 3. The topological polar surface area (TPSA) is 29.6 Å². The molecule has 0 bridgehead atoms. The predicted molar refractivity (Wildman–Crippen MR) is 103 cm³/mol. The summed E-state index contributed by atoms with van der Waals surface area (Å²) in [5, 5.41) is 11.1. The summed E-state index contributed by atoms with van der Waals surface area (Å²) in [6, 6.07) is 9.93. The Hall–Kier alpha value is -2.09. The molecular formula is C18H12Cl2F3N3S. The van der Waals surface area contributed by atoms with Crippen LogP contribution in [0, 0.1) is 0 Å². The molecule has 0 amide bonds. The maximum atomic E-state index is 12.6. The molecule has 0 aliphatic heterocycles. The van der Waals surface area contributed by atoms with Gasteiger partial charge in [-0.1, -0.05) is 35.3 Å². The molecule has 3 nitrogen and oxygen atoms in total. The van der Waals surface area contributed by atoms with Gasteiger partial charge in [-0.3, -0.25) is 0 Å². The Morgan fingerprint density at radius 1 is 1.07 bits per heavy atom. The molecule has 140 valence electrons. The minimum atomic E-state index is -4.36. The van der Waals surface area contributed by atoms with Crippen molar-refractivity contribution in [2.45, 2.75) is 6.18 Å². The molecule has 3 rings (SSSR count). The number of nitrogens with zero attached hydrogens (tertiary/aromatic N) is 3. The number of alkyl halides is 3. The van der Waals surface area contributed by atoms with E-state index < -0.39 is 11.7 Å². The SMILES string of the molecule is Cn1c(-c2ccc(Cl)cc2Cl)cs/c1=N/N=C/c1ccc(C(F)(F)F)cc1. The smallest absolute Gasteiger partial charge is 0.318 e. The number of rotatable bonds is 3. The van der Waals surface area contributed by atoms with Gasteiger partial charge in [0.15, 0.2) is 0 Å². The highest BCUT2D eigenvalue weighted by atomic mass is 35.5. The van der Waals surface area contributed by atoms with Gasteiger partial charge in [0, 0.05) is 23.0 Å². The van der Waals surface area contributed by atoms with Crippen molar-refractivity contribution in [3.05, 3.63) is 73.8 Å². The van der Waals surface area contributed by atoms with Gasteiger partial charge in [0.25, 0.3) is 0 Å². The van der Waals surface area contributed by atoms with Crippen molar-refractivity contribution in [3.8, 4) is 11.3 Å². The van der Waals surface area contributed by atoms with Crippen molar-refractivity contribution in [3.63, 3.8) is 0 Å². The monoisotopic (exact) mass is 429 g/mol. The Kier molecular flexibility index (Phi) is 5.74. The zero-order chi connectivity index (χ0) is 19.6. The van der Waals surface area contributed by atoms with E-state index >= 15 is 0 Å². The van der Waals surface area contributed by atoms with Crippen LogP contribution in [0.1, 0.15) is 11.1 Å². The first-order valence-electron chi connectivity index (χ1n) is 7.60. The van der Waals surface area contributed by atoms with Gasteiger partial charge in [0.1, 0.15) is 0 Å². The quantitative estimate of drug-likeness (QED) is 0.360. The van der Waals surface area contributed by atoms with E-state index in [4.69, 9.17) is 23.2 Å². The van der Waals surface area contributed by atoms with Crippen molar-refractivity contribution in [1.82, 2.24) is 4.57 Å². The summed E-state index contributed by atoms with van der Waals surface area (Å²) in [5.41, 5.74) is 1.48.